The first-order valence-corrected chi connectivity index (χ1v) is 7.61. The van der Waals surface area contributed by atoms with Gasteiger partial charge in [-0.1, -0.05) is 42.5 Å². The van der Waals surface area contributed by atoms with Crippen LogP contribution in [0.5, 0.6) is 5.75 Å². The number of methoxy groups -OCH3 is 1. The zero-order chi connectivity index (χ0) is 16.2. The summed E-state index contributed by atoms with van der Waals surface area (Å²) < 4.78 is 5.37. The summed E-state index contributed by atoms with van der Waals surface area (Å²) in [5.41, 5.74) is 8.77. The molecule has 0 aliphatic heterocycles. The number of nitrogens with zero attached hydrogens (tertiary/aromatic N) is 1. The van der Waals surface area contributed by atoms with Crippen LogP contribution in [0.4, 0.5) is 0 Å². The standard InChI is InChI=1S/C19H26N2O/c1-15(21(2)3)19(20,14-16-9-6-5-7-10-16)17-11-8-12-18(13-17)22-4/h5-13,15H,14,20H2,1-4H3. The largest absolute Gasteiger partial charge is 0.497 e. The van der Waals surface area contributed by atoms with E-state index in [2.05, 4.69) is 56.3 Å². The second kappa shape index (κ2) is 6.95. The molecule has 0 saturated carbocycles. The Labute approximate surface area is 133 Å². The van der Waals surface area contributed by atoms with Crippen LogP contribution in [0.25, 0.3) is 0 Å². The Morgan fingerprint density at radius 1 is 1.09 bits per heavy atom. The highest BCUT2D eigenvalue weighted by atomic mass is 16.5. The molecule has 0 spiro atoms. The summed E-state index contributed by atoms with van der Waals surface area (Å²) in [5, 5.41) is 0. The van der Waals surface area contributed by atoms with Crippen molar-refractivity contribution in [3.63, 3.8) is 0 Å². The molecule has 2 unspecified atom stereocenters. The van der Waals surface area contributed by atoms with Gasteiger partial charge in [0.2, 0.25) is 0 Å². The minimum atomic E-state index is -0.487. The molecular formula is C19H26N2O. The fourth-order valence-electron chi connectivity index (χ4n) is 2.80. The van der Waals surface area contributed by atoms with E-state index >= 15 is 0 Å². The Hall–Kier alpha value is -1.84. The van der Waals surface area contributed by atoms with Gasteiger partial charge < -0.3 is 15.4 Å². The van der Waals surface area contributed by atoms with Gasteiger partial charge in [0, 0.05) is 6.04 Å². The van der Waals surface area contributed by atoms with E-state index in [0.29, 0.717) is 0 Å². The van der Waals surface area contributed by atoms with Crippen LogP contribution in [0.3, 0.4) is 0 Å². The first kappa shape index (κ1) is 16.5. The smallest absolute Gasteiger partial charge is 0.119 e. The van der Waals surface area contributed by atoms with Gasteiger partial charge in [-0.15, -0.1) is 0 Å². The first-order valence-electron chi connectivity index (χ1n) is 7.61. The number of hydrogen-bond donors (Lipinski definition) is 1. The third kappa shape index (κ3) is 3.49. The SMILES string of the molecule is COc1cccc(C(N)(Cc2ccccc2)C(C)N(C)C)c1. The van der Waals surface area contributed by atoms with Crippen molar-refractivity contribution in [3.05, 3.63) is 65.7 Å². The fraction of sp³-hybridized carbons (Fsp3) is 0.368. The number of hydrogen-bond acceptors (Lipinski definition) is 3. The predicted molar refractivity (Wildman–Crippen MR) is 92.2 cm³/mol. The molecule has 0 aliphatic rings. The van der Waals surface area contributed by atoms with Crippen molar-refractivity contribution in [2.75, 3.05) is 21.2 Å². The molecule has 0 amide bonds. The van der Waals surface area contributed by atoms with Crippen molar-refractivity contribution < 1.29 is 4.74 Å². The van der Waals surface area contributed by atoms with Crippen LogP contribution in [0, 0.1) is 0 Å². The van der Waals surface area contributed by atoms with E-state index in [-0.39, 0.29) is 6.04 Å². The fourth-order valence-corrected chi connectivity index (χ4v) is 2.80. The van der Waals surface area contributed by atoms with Crippen molar-refractivity contribution in [1.29, 1.82) is 0 Å². The molecule has 2 aromatic carbocycles. The van der Waals surface area contributed by atoms with Gasteiger partial charge in [-0.05, 0) is 50.7 Å². The lowest BCUT2D eigenvalue weighted by atomic mass is 9.78. The van der Waals surface area contributed by atoms with Gasteiger partial charge >= 0.3 is 0 Å². The molecule has 2 N–H and O–H groups in total. The summed E-state index contributed by atoms with van der Waals surface area (Å²) in [6.45, 7) is 2.17. The summed E-state index contributed by atoms with van der Waals surface area (Å²) in [5.74, 6) is 0.839. The average molecular weight is 298 g/mol. The molecule has 0 fully saturated rings. The number of likely N-dealkylation sites (N-methyl/N-ethyl adjacent to an activating group) is 1. The highest BCUT2D eigenvalue weighted by Gasteiger charge is 2.35. The topological polar surface area (TPSA) is 38.5 Å². The quantitative estimate of drug-likeness (QED) is 0.891. The zero-order valence-electron chi connectivity index (χ0n) is 13.9. The molecule has 3 nitrogen and oxygen atoms in total. The maximum atomic E-state index is 6.92. The molecule has 0 heterocycles. The number of benzene rings is 2. The maximum absolute atomic E-state index is 6.92. The average Bonchev–Trinajstić information content (AvgIpc) is 2.54. The second-order valence-electron chi connectivity index (χ2n) is 6.07. The van der Waals surface area contributed by atoms with Crippen molar-refractivity contribution >= 4 is 0 Å². The Kier molecular flexibility index (Phi) is 5.22. The number of nitrogens with two attached hydrogens (primary N) is 1. The normalized spacial score (nSPS) is 15.4. The maximum Gasteiger partial charge on any atom is 0.119 e. The molecule has 0 radical (unpaired) electrons. The van der Waals surface area contributed by atoms with Gasteiger partial charge in [-0.2, -0.15) is 0 Å². The van der Waals surface area contributed by atoms with E-state index in [9.17, 15) is 0 Å². The zero-order valence-corrected chi connectivity index (χ0v) is 13.9. The Morgan fingerprint density at radius 2 is 1.77 bits per heavy atom. The number of ether oxygens (including phenoxy) is 1. The van der Waals surface area contributed by atoms with Crippen molar-refractivity contribution in [1.82, 2.24) is 4.90 Å². The molecule has 0 bridgehead atoms. The molecule has 118 valence electrons. The van der Waals surface area contributed by atoms with Crippen molar-refractivity contribution in [2.24, 2.45) is 5.73 Å². The first-order chi connectivity index (χ1) is 10.5. The van der Waals surface area contributed by atoms with Gasteiger partial charge in [0.15, 0.2) is 0 Å². The Balaban J connectivity index is 2.45. The molecule has 0 aliphatic carbocycles. The van der Waals surface area contributed by atoms with Crippen LogP contribution < -0.4 is 10.5 Å². The van der Waals surface area contributed by atoms with Gasteiger partial charge in [0.1, 0.15) is 5.75 Å². The van der Waals surface area contributed by atoms with Crippen LogP contribution in [-0.2, 0) is 12.0 Å². The van der Waals surface area contributed by atoms with E-state index in [1.807, 2.05) is 24.3 Å². The lowest BCUT2D eigenvalue weighted by Crippen LogP contribution is -2.54. The summed E-state index contributed by atoms with van der Waals surface area (Å²) in [4.78, 5) is 2.17. The molecule has 3 heteroatoms. The van der Waals surface area contributed by atoms with E-state index in [1.54, 1.807) is 7.11 Å². The van der Waals surface area contributed by atoms with Gasteiger partial charge in [-0.3, -0.25) is 0 Å². The molecular weight excluding hydrogens is 272 g/mol. The van der Waals surface area contributed by atoms with E-state index in [4.69, 9.17) is 10.5 Å². The molecule has 2 rings (SSSR count). The van der Waals surface area contributed by atoms with E-state index in [0.717, 1.165) is 17.7 Å². The Bertz CT molecular complexity index is 597. The summed E-state index contributed by atoms with van der Waals surface area (Å²) in [7, 11) is 5.82. The minimum absolute atomic E-state index is 0.180. The third-order valence-electron chi connectivity index (χ3n) is 4.47. The van der Waals surface area contributed by atoms with E-state index in [1.165, 1.54) is 5.56 Å². The van der Waals surface area contributed by atoms with Crippen LogP contribution in [0.2, 0.25) is 0 Å². The molecule has 2 aromatic rings. The van der Waals surface area contributed by atoms with Gasteiger partial charge in [0.25, 0.3) is 0 Å². The minimum Gasteiger partial charge on any atom is -0.497 e. The number of rotatable bonds is 6. The van der Waals surface area contributed by atoms with Crippen molar-refractivity contribution in [2.45, 2.75) is 24.9 Å². The third-order valence-corrected chi connectivity index (χ3v) is 4.47. The molecule has 2 atom stereocenters. The highest BCUT2D eigenvalue weighted by Crippen LogP contribution is 2.31. The molecule has 0 aromatic heterocycles. The second-order valence-corrected chi connectivity index (χ2v) is 6.07. The monoisotopic (exact) mass is 298 g/mol. The van der Waals surface area contributed by atoms with E-state index < -0.39 is 5.54 Å². The summed E-state index contributed by atoms with van der Waals surface area (Å²) >= 11 is 0. The van der Waals surface area contributed by atoms with Crippen LogP contribution >= 0.6 is 0 Å². The lowest BCUT2D eigenvalue weighted by molar-refractivity contribution is 0.190. The Morgan fingerprint density at radius 3 is 2.36 bits per heavy atom. The summed E-state index contributed by atoms with van der Waals surface area (Å²) in [6.07, 6.45) is 0.778. The van der Waals surface area contributed by atoms with Crippen molar-refractivity contribution in [3.8, 4) is 5.75 Å². The highest BCUT2D eigenvalue weighted by molar-refractivity contribution is 5.36. The predicted octanol–water partition coefficient (Wildman–Crippen LogP) is 3.04. The van der Waals surface area contributed by atoms with Crippen LogP contribution in [-0.4, -0.2) is 32.1 Å². The summed E-state index contributed by atoms with van der Waals surface area (Å²) in [6, 6.07) is 18.7. The molecule has 22 heavy (non-hydrogen) atoms. The lowest BCUT2D eigenvalue weighted by Gasteiger charge is -2.40. The van der Waals surface area contributed by atoms with Gasteiger partial charge in [0.05, 0.1) is 12.6 Å². The molecule has 0 saturated heterocycles. The van der Waals surface area contributed by atoms with Crippen LogP contribution in [0.15, 0.2) is 54.6 Å². The van der Waals surface area contributed by atoms with Gasteiger partial charge in [-0.25, -0.2) is 0 Å². The van der Waals surface area contributed by atoms with Crippen LogP contribution in [0.1, 0.15) is 18.1 Å².